The summed E-state index contributed by atoms with van der Waals surface area (Å²) in [5.41, 5.74) is 0. The van der Waals surface area contributed by atoms with Crippen molar-refractivity contribution in [3.8, 4) is 24.2 Å². The Hall–Kier alpha value is -0.880. The Morgan fingerprint density at radius 1 is 1.33 bits per heavy atom. The zero-order chi connectivity index (χ0) is 9.40. The molecule has 0 aliphatic carbocycles. The van der Waals surface area contributed by atoms with Crippen LogP contribution in [0, 0.1) is 36.0 Å². The molecule has 0 fully saturated rings. The van der Waals surface area contributed by atoms with Gasteiger partial charge in [-0.25, -0.2) is 0 Å². The first kappa shape index (κ1) is 11.1. The highest BCUT2D eigenvalue weighted by Crippen LogP contribution is 2.03. The van der Waals surface area contributed by atoms with Crippen molar-refractivity contribution in [2.75, 3.05) is 0 Å². The van der Waals surface area contributed by atoms with Gasteiger partial charge in [-0.1, -0.05) is 39.0 Å². The summed E-state index contributed by atoms with van der Waals surface area (Å²) in [5, 5.41) is 0. The first-order valence-electron chi connectivity index (χ1n) is 4.65. The molecule has 0 saturated carbocycles. The molecule has 0 saturated heterocycles. The van der Waals surface area contributed by atoms with E-state index < -0.39 is 0 Å². The van der Waals surface area contributed by atoms with Gasteiger partial charge in [0, 0.05) is 6.42 Å². The van der Waals surface area contributed by atoms with E-state index in [0.717, 1.165) is 19.3 Å². The lowest BCUT2D eigenvalue weighted by Crippen LogP contribution is -1.92. The van der Waals surface area contributed by atoms with Crippen molar-refractivity contribution in [2.24, 2.45) is 11.8 Å². The summed E-state index contributed by atoms with van der Waals surface area (Å²) < 4.78 is 0. The topological polar surface area (TPSA) is 0 Å². The van der Waals surface area contributed by atoms with Crippen LogP contribution in [-0.4, -0.2) is 0 Å². The van der Waals surface area contributed by atoms with E-state index in [0.29, 0.717) is 5.92 Å². The zero-order valence-electron chi connectivity index (χ0n) is 8.35. The molecule has 0 radical (unpaired) electrons. The first-order chi connectivity index (χ1) is 5.70. The van der Waals surface area contributed by atoms with Crippen molar-refractivity contribution in [3.63, 3.8) is 0 Å². The number of hydrogen-bond donors (Lipinski definition) is 0. The predicted molar refractivity (Wildman–Crippen MR) is 54.5 cm³/mol. The average Bonchev–Trinajstić information content (AvgIpc) is 2.02. The summed E-state index contributed by atoms with van der Waals surface area (Å²) in [6, 6.07) is 0. The number of rotatable bonds is 3. The Labute approximate surface area is 76.8 Å². The van der Waals surface area contributed by atoms with Gasteiger partial charge in [0.05, 0.1) is 5.92 Å². The Kier molecular flexibility index (Phi) is 6.31. The van der Waals surface area contributed by atoms with Crippen LogP contribution in [0.5, 0.6) is 0 Å². The van der Waals surface area contributed by atoms with Crippen LogP contribution in [0.3, 0.4) is 0 Å². The summed E-state index contributed by atoms with van der Waals surface area (Å²) in [6.07, 6.45) is 8.43. The van der Waals surface area contributed by atoms with Gasteiger partial charge in [0.15, 0.2) is 0 Å². The molecule has 0 nitrogen and oxygen atoms in total. The predicted octanol–water partition coefficient (Wildman–Crippen LogP) is 3.09. The van der Waals surface area contributed by atoms with Gasteiger partial charge in [0.1, 0.15) is 0 Å². The largest absolute Gasteiger partial charge is 0.119 e. The van der Waals surface area contributed by atoms with Crippen LogP contribution in [0.4, 0.5) is 0 Å². The van der Waals surface area contributed by atoms with Gasteiger partial charge in [0.25, 0.3) is 0 Å². The molecule has 0 aromatic carbocycles. The van der Waals surface area contributed by atoms with Crippen molar-refractivity contribution in [1.29, 1.82) is 0 Å². The molecule has 0 aliphatic heterocycles. The normalized spacial score (nSPS) is 11.6. The third kappa shape index (κ3) is 5.87. The molecule has 0 heterocycles. The number of terminal acetylenes is 1. The van der Waals surface area contributed by atoms with Crippen LogP contribution in [-0.2, 0) is 0 Å². The SMILES string of the molecule is C#CC(C#CCC(C)C)CCC. The van der Waals surface area contributed by atoms with Crippen LogP contribution in [0.2, 0.25) is 0 Å². The monoisotopic (exact) mass is 162 g/mol. The molecule has 0 aromatic rings. The van der Waals surface area contributed by atoms with Crippen molar-refractivity contribution >= 4 is 0 Å². The molecule has 0 spiro atoms. The van der Waals surface area contributed by atoms with E-state index in [-0.39, 0.29) is 5.92 Å². The quantitative estimate of drug-likeness (QED) is 0.559. The van der Waals surface area contributed by atoms with E-state index in [1.165, 1.54) is 0 Å². The molecule has 0 amide bonds. The zero-order valence-corrected chi connectivity index (χ0v) is 8.35. The van der Waals surface area contributed by atoms with Crippen LogP contribution in [0.1, 0.15) is 40.0 Å². The maximum absolute atomic E-state index is 5.32. The summed E-state index contributed by atoms with van der Waals surface area (Å²) >= 11 is 0. The van der Waals surface area contributed by atoms with Gasteiger partial charge in [-0.05, 0) is 12.3 Å². The van der Waals surface area contributed by atoms with Crippen molar-refractivity contribution in [3.05, 3.63) is 0 Å². The van der Waals surface area contributed by atoms with Crippen molar-refractivity contribution in [1.82, 2.24) is 0 Å². The smallest absolute Gasteiger partial charge is 0.0808 e. The highest BCUT2D eigenvalue weighted by atomic mass is 14.0. The van der Waals surface area contributed by atoms with Crippen LogP contribution in [0.15, 0.2) is 0 Å². The van der Waals surface area contributed by atoms with E-state index >= 15 is 0 Å². The lowest BCUT2D eigenvalue weighted by molar-refractivity contribution is 0.672. The fourth-order valence-electron chi connectivity index (χ4n) is 0.872. The Bertz CT molecular complexity index is 194. The average molecular weight is 162 g/mol. The van der Waals surface area contributed by atoms with E-state index in [4.69, 9.17) is 6.42 Å². The fourth-order valence-corrected chi connectivity index (χ4v) is 0.872. The number of hydrogen-bond acceptors (Lipinski definition) is 0. The van der Waals surface area contributed by atoms with Crippen molar-refractivity contribution in [2.45, 2.75) is 40.0 Å². The summed E-state index contributed by atoms with van der Waals surface area (Å²) in [7, 11) is 0. The standard InChI is InChI=1S/C12H18/c1-5-8-12(6-2)10-7-9-11(3)4/h2,11-12H,5,8-9H2,1,3-4H3. The van der Waals surface area contributed by atoms with Gasteiger partial charge >= 0.3 is 0 Å². The summed E-state index contributed by atoms with van der Waals surface area (Å²) in [6.45, 7) is 6.47. The van der Waals surface area contributed by atoms with Gasteiger partial charge in [0.2, 0.25) is 0 Å². The lowest BCUT2D eigenvalue weighted by Gasteiger charge is -1.98. The molecule has 0 bridgehead atoms. The maximum Gasteiger partial charge on any atom is 0.0808 e. The minimum Gasteiger partial charge on any atom is -0.119 e. The molecule has 0 rings (SSSR count). The van der Waals surface area contributed by atoms with E-state index in [1.807, 2.05) is 0 Å². The fraction of sp³-hybridized carbons (Fsp3) is 0.667. The van der Waals surface area contributed by atoms with Crippen LogP contribution < -0.4 is 0 Å². The maximum atomic E-state index is 5.32. The highest BCUT2D eigenvalue weighted by Gasteiger charge is 1.96. The molecular weight excluding hydrogens is 144 g/mol. The minimum absolute atomic E-state index is 0.175. The van der Waals surface area contributed by atoms with Gasteiger partial charge in [-0.3, -0.25) is 0 Å². The van der Waals surface area contributed by atoms with E-state index in [9.17, 15) is 0 Å². The second kappa shape index (κ2) is 6.81. The highest BCUT2D eigenvalue weighted by molar-refractivity contribution is 5.14. The Balaban J connectivity index is 3.82. The second-order valence-corrected chi connectivity index (χ2v) is 3.43. The molecule has 1 unspecified atom stereocenters. The Morgan fingerprint density at radius 2 is 2.00 bits per heavy atom. The molecule has 0 heteroatoms. The molecule has 0 aliphatic rings. The molecule has 12 heavy (non-hydrogen) atoms. The second-order valence-electron chi connectivity index (χ2n) is 3.43. The molecule has 0 N–H and O–H groups in total. The van der Waals surface area contributed by atoms with Crippen LogP contribution in [0.25, 0.3) is 0 Å². The molecule has 1 atom stereocenters. The van der Waals surface area contributed by atoms with Crippen LogP contribution >= 0.6 is 0 Å². The minimum atomic E-state index is 0.175. The summed E-state index contributed by atoms with van der Waals surface area (Å²) in [5.74, 6) is 9.77. The van der Waals surface area contributed by atoms with Crippen molar-refractivity contribution < 1.29 is 0 Å². The molecule has 0 aromatic heterocycles. The molecular formula is C12H18. The molecule has 66 valence electrons. The van der Waals surface area contributed by atoms with Gasteiger partial charge < -0.3 is 0 Å². The first-order valence-corrected chi connectivity index (χ1v) is 4.65. The Morgan fingerprint density at radius 3 is 2.42 bits per heavy atom. The van der Waals surface area contributed by atoms with Gasteiger partial charge in [-0.15, -0.1) is 12.3 Å². The lowest BCUT2D eigenvalue weighted by atomic mass is 10.0. The third-order valence-corrected chi connectivity index (χ3v) is 1.57. The third-order valence-electron chi connectivity index (χ3n) is 1.57. The van der Waals surface area contributed by atoms with E-state index in [1.54, 1.807) is 0 Å². The van der Waals surface area contributed by atoms with Gasteiger partial charge in [-0.2, -0.15) is 0 Å². The van der Waals surface area contributed by atoms with E-state index in [2.05, 4.69) is 38.5 Å². The summed E-state index contributed by atoms with van der Waals surface area (Å²) in [4.78, 5) is 0.